The first-order valence-electron chi connectivity index (χ1n) is 5.82. The Bertz CT molecular complexity index is 465. The van der Waals surface area contributed by atoms with Crippen LogP contribution in [0.5, 0.6) is 0 Å². The molecule has 1 N–H and O–H groups in total. The number of carbonyl (C=O) groups is 1. The normalized spacial score (nSPS) is 19.3. The standard InChI is InChI=1S/C14H17NO2/c1-10(7-14(16)17)9-15-11(2)8-12-5-3-4-6-13(12)15/h3-7,11H,8-9H2,1-2H3,(H,16,17). The zero-order valence-electron chi connectivity index (χ0n) is 10.2. The third-order valence-electron chi connectivity index (χ3n) is 3.14. The first kappa shape index (κ1) is 11.7. The van der Waals surface area contributed by atoms with Crippen LogP contribution in [-0.4, -0.2) is 23.7 Å². The van der Waals surface area contributed by atoms with E-state index in [1.165, 1.54) is 17.3 Å². The van der Waals surface area contributed by atoms with Crippen LogP contribution in [0, 0.1) is 0 Å². The lowest BCUT2D eigenvalue weighted by atomic mass is 10.1. The predicted octanol–water partition coefficient (Wildman–Crippen LogP) is 2.47. The molecular weight excluding hydrogens is 214 g/mol. The van der Waals surface area contributed by atoms with E-state index >= 15 is 0 Å². The average molecular weight is 231 g/mol. The van der Waals surface area contributed by atoms with Crippen molar-refractivity contribution in [1.29, 1.82) is 0 Å². The van der Waals surface area contributed by atoms with Gasteiger partial charge in [0, 0.05) is 24.4 Å². The summed E-state index contributed by atoms with van der Waals surface area (Å²) in [6.07, 6.45) is 2.32. The molecule has 0 saturated heterocycles. The summed E-state index contributed by atoms with van der Waals surface area (Å²) in [6, 6.07) is 8.76. The van der Waals surface area contributed by atoms with Gasteiger partial charge in [0.05, 0.1) is 0 Å². The van der Waals surface area contributed by atoms with Crippen LogP contribution in [0.3, 0.4) is 0 Å². The molecule has 1 heterocycles. The Labute approximate surface area is 101 Å². The number of hydrogen-bond donors (Lipinski definition) is 1. The van der Waals surface area contributed by atoms with E-state index in [0.29, 0.717) is 12.6 Å². The number of hydrogen-bond acceptors (Lipinski definition) is 2. The van der Waals surface area contributed by atoms with Crippen LogP contribution in [0.1, 0.15) is 19.4 Å². The Morgan fingerprint density at radius 3 is 2.94 bits per heavy atom. The van der Waals surface area contributed by atoms with Crippen LogP contribution in [-0.2, 0) is 11.2 Å². The lowest BCUT2D eigenvalue weighted by Crippen LogP contribution is -2.30. The molecule has 1 atom stereocenters. The first-order chi connectivity index (χ1) is 8.08. The second-order valence-electron chi connectivity index (χ2n) is 4.64. The minimum absolute atomic E-state index is 0.435. The van der Waals surface area contributed by atoms with Crippen LogP contribution in [0.25, 0.3) is 0 Å². The number of carboxylic acids is 1. The number of anilines is 1. The Morgan fingerprint density at radius 1 is 1.53 bits per heavy atom. The van der Waals surface area contributed by atoms with Gasteiger partial charge < -0.3 is 10.0 Å². The van der Waals surface area contributed by atoms with E-state index in [4.69, 9.17) is 5.11 Å². The molecule has 1 aliphatic rings. The van der Waals surface area contributed by atoms with E-state index < -0.39 is 5.97 Å². The molecule has 0 aromatic heterocycles. The lowest BCUT2D eigenvalue weighted by Gasteiger charge is -2.25. The average Bonchev–Trinajstić information content (AvgIpc) is 2.55. The quantitative estimate of drug-likeness (QED) is 0.812. The summed E-state index contributed by atoms with van der Waals surface area (Å²) < 4.78 is 0. The van der Waals surface area contributed by atoms with Gasteiger partial charge in [-0.2, -0.15) is 0 Å². The van der Waals surface area contributed by atoms with Gasteiger partial charge in [-0.25, -0.2) is 4.79 Å². The monoisotopic (exact) mass is 231 g/mol. The number of aliphatic carboxylic acids is 1. The maximum atomic E-state index is 10.6. The fraction of sp³-hybridized carbons (Fsp3) is 0.357. The highest BCUT2D eigenvalue weighted by Gasteiger charge is 2.25. The van der Waals surface area contributed by atoms with Gasteiger partial charge in [0.2, 0.25) is 0 Å². The highest BCUT2D eigenvalue weighted by atomic mass is 16.4. The van der Waals surface area contributed by atoms with E-state index in [0.717, 1.165) is 12.0 Å². The zero-order valence-corrected chi connectivity index (χ0v) is 10.2. The molecule has 90 valence electrons. The van der Waals surface area contributed by atoms with Crippen LogP contribution < -0.4 is 4.90 Å². The Hall–Kier alpha value is -1.77. The van der Waals surface area contributed by atoms with Gasteiger partial charge in [-0.1, -0.05) is 18.2 Å². The third-order valence-corrected chi connectivity index (χ3v) is 3.14. The van der Waals surface area contributed by atoms with Gasteiger partial charge in [0.25, 0.3) is 0 Å². The maximum Gasteiger partial charge on any atom is 0.328 e. The highest BCUT2D eigenvalue weighted by molar-refractivity contribution is 5.80. The lowest BCUT2D eigenvalue weighted by molar-refractivity contribution is -0.131. The summed E-state index contributed by atoms with van der Waals surface area (Å²) in [5.41, 5.74) is 3.46. The van der Waals surface area contributed by atoms with Crippen molar-refractivity contribution in [2.45, 2.75) is 26.3 Å². The Morgan fingerprint density at radius 2 is 2.24 bits per heavy atom. The molecular formula is C14H17NO2. The second kappa shape index (κ2) is 4.62. The smallest absolute Gasteiger partial charge is 0.328 e. The van der Waals surface area contributed by atoms with Crippen LogP contribution in [0.2, 0.25) is 0 Å². The number of carboxylic acid groups (broad SMARTS) is 1. The van der Waals surface area contributed by atoms with Gasteiger partial charge in [-0.05, 0) is 37.5 Å². The molecule has 2 rings (SSSR count). The Balaban J connectivity index is 2.20. The first-order valence-corrected chi connectivity index (χ1v) is 5.82. The second-order valence-corrected chi connectivity index (χ2v) is 4.64. The molecule has 0 spiro atoms. The van der Waals surface area contributed by atoms with E-state index in [2.05, 4.69) is 30.0 Å². The third kappa shape index (κ3) is 2.49. The minimum atomic E-state index is -0.873. The fourth-order valence-electron chi connectivity index (χ4n) is 2.40. The SMILES string of the molecule is CC(=CC(=O)O)CN1c2ccccc2CC1C. The Kier molecular flexibility index (Phi) is 3.18. The molecule has 1 aliphatic heterocycles. The molecule has 0 radical (unpaired) electrons. The predicted molar refractivity (Wildman–Crippen MR) is 68.3 cm³/mol. The molecule has 1 aromatic carbocycles. The summed E-state index contributed by atoms with van der Waals surface area (Å²) in [5.74, 6) is -0.873. The molecule has 0 aliphatic carbocycles. The number of rotatable bonds is 3. The molecule has 3 nitrogen and oxygen atoms in total. The highest BCUT2D eigenvalue weighted by Crippen LogP contribution is 2.32. The molecule has 0 saturated carbocycles. The summed E-state index contributed by atoms with van der Waals surface area (Å²) in [7, 11) is 0. The van der Waals surface area contributed by atoms with Crippen molar-refractivity contribution >= 4 is 11.7 Å². The zero-order chi connectivity index (χ0) is 12.4. The van der Waals surface area contributed by atoms with Crippen molar-refractivity contribution < 1.29 is 9.90 Å². The molecule has 3 heteroatoms. The van der Waals surface area contributed by atoms with Crippen LogP contribution in [0.15, 0.2) is 35.9 Å². The van der Waals surface area contributed by atoms with Crippen molar-refractivity contribution in [3.05, 3.63) is 41.5 Å². The van der Waals surface area contributed by atoms with E-state index in [1.54, 1.807) is 0 Å². The van der Waals surface area contributed by atoms with Crippen molar-refractivity contribution in [3.63, 3.8) is 0 Å². The van der Waals surface area contributed by atoms with E-state index in [-0.39, 0.29) is 0 Å². The van der Waals surface area contributed by atoms with Gasteiger partial charge in [0.1, 0.15) is 0 Å². The summed E-state index contributed by atoms with van der Waals surface area (Å²) in [5, 5.41) is 8.72. The van der Waals surface area contributed by atoms with Gasteiger partial charge in [-0.3, -0.25) is 0 Å². The minimum Gasteiger partial charge on any atom is -0.478 e. The summed E-state index contributed by atoms with van der Waals surface area (Å²) in [4.78, 5) is 12.9. The topological polar surface area (TPSA) is 40.5 Å². The number of benzene rings is 1. The molecule has 0 amide bonds. The van der Waals surface area contributed by atoms with Crippen molar-refractivity contribution in [1.82, 2.24) is 0 Å². The molecule has 0 bridgehead atoms. The van der Waals surface area contributed by atoms with Crippen molar-refractivity contribution in [3.8, 4) is 0 Å². The fourth-order valence-corrected chi connectivity index (χ4v) is 2.40. The number of nitrogens with zero attached hydrogens (tertiary/aromatic N) is 1. The number of fused-ring (bicyclic) bond motifs is 1. The molecule has 1 aromatic rings. The molecule has 0 fully saturated rings. The molecule has 1 unspecified atom stereocenters. The maximum absolute atomic E-state index is 10.6. The summed E-state index contributed by atoms with van der Waals surface area (Å²) >= 11 is 0. The van der Waals surface area contributed by atoms with Crippen molar-refractivity contribution in [2.24, 2.45) is 0 Å². The van der Waals surface area contributed by atoms with Gasteiger partial charge in [-0.15, -0.1) is 0 Å². The van der Waals surface area contributed by atoms with E-state index in [9.17, 15) is 4.79 Å². The largest absolute Gasteiger partial charge is 0.478 e. The van der Waals surface area contributed by atoms with Gasteiger partial charge in [0.15, 0.2) is 0 Å². The number of para-hydroxylation sites is 1. The summed E-state index contributed by atoms with van der Waals surface area (Å²) in [6.45, 7) is 4.72. The van der Waals surface area contributed by atoms with Crippen LogP contribution in [0.4, 0.5) is 5.69 Å². The van der Waals surface area contributed by atoms with Crippen molar-refractivity contribution in [2.75, 3.05) is 11.4 Å². The van der Waals surface area contributed by atoms with Crippen LogP contribution >= 0.6 is 0 Å². The molecule has 17 heavy (non-hydrogen) atoms. The van der Waals surface area contributed by atoms with Gasteiger partial charge >= 0.3 is 5.97 Å². The van der Waals surface area contributed by atoms with E-state index in [1.807, 2.05) is 13.0 Å².